The van der Waals surface area contributed by atoms with E-state index < -0.39 is 0 Å². The number of hydrogen-bond acceptors (Lipinski definition) is 2. The number of methoxy groups -OCH3 is 1. The molecular formula is C14H16N2O. The van der Waals surface area contributed by atoms with Gasteiger partial charge in [-0.25, -0.2) is 0 Å². The van der Waals surface area contributed by atoms with Gasteiger partial charge >= 0.3 is 0 Å². The average Bonchev–Trinajstić information content (AvgIpc) is 3.06. The van der Waals surface area contributed by atoms with Crippen molar-refractivity contribution in [3.63, 3.8) is 0 Å². The monoisotopic (exact) mass is 228 g/mol. The molecule has 1 aromatic heterocycles. The smallest absolute Gasteiger partial charge is 0.119 e. The van der Waals surface area contributed by atoms with E-state index >= 15 is 0 Å². The summed E-state index contributed by atoms with van der Waals surface area (Å²) in [6.07, 6.45) is 4.56. The average molecular weight is 228 g/mol. The van der Waals surface area contributed by atoms with Crippen LogP contribution in [0.15, 0.2) is 36.5 Å². The molecule has 0 aliphatic heterocycles. The van der Waals surface area contributed by atoms with Crippen LogP contribution in [0, 0.1) is 5.92 Å². The molecule has 88 valence electrons. The van der Waals surface area contributed by atoms with Crippen molar-refractivity contribution >= 4 is 0 Å². The van der Waals surface area contributed by atoms with E-state index in [1.807, 2.05) is 18.3 Å². The van der Waals surface area contributed by atoms with E-state index in [4.69, 9.17) is 4.74 Å². The van der Waals surface area contributed by atoms with E-state index in [1.54, 1.807) is 7.11 Å². The predicted octanol–water partition coefficient (Wildman–Crippen LogP) is 2.97. The second kappa shape index (κ2) is 4.24. The summed E-state index contributed by atoms with van der Waals surface area (Å²) in [6, 6.07) is 10.2. The SMILES string of the molecule is COc1cccc(-c2ccnn2CC2CC2)c1. The summed E-state index contributed by atoms with van der Waals surface area (Å²) in [7, 11) is 1.70. The molecule has 0 N–H and O–H groups in total. The molecule has 0 saturated heterocycles. The van der Waals surface area contributed by atoms with Crippen molar-refractivity contribution in [1.29, 1.82) is 0 Å². The van der Waals surface area contributed by atoms with Crippen LogP contribution in [-0.2, 0) is 6.54 Å². The summed E-state index contributed by atoms with van der Waals surface area (Å²) >= 11 is 0. The highest BCUT2D eigenvalue weighted by Gasteiger charge is 2.23. The van der Waals surface area contributed by atoms with Crippen molar-refractivity contribution in [3.8, 4) is 17.0 Å². The van der Waals surface area contributed by atoms with Crippen LogP contribution in [0.1, 0.15) is 12.8 Å². The topological polar surface area (TPSA) is 27.1 Å². The summed E-state index contributed by atoms with van der Waals surface area (Å²) in [6.45, 7) is 1.04. The lowest BCUT2D eigenvalue weighted by molar-refractivity contribution is 0.415. The summed E-state index contributed by atoms with van der Waals surface area (Å²) in [5.41, 5.74) is 2.35. The molecule has 0 radical (unpaired) electrons. The third-order valence-corrected chi connectivity index (χ3v) is 3.21. The highest BCUT2D eigenvalue weighted by atomic mass is 16.5. The lowest BCUT2D eigenvalue weighted by Crippen LogP contribution is -2.03. The Morgan fingerprint density at radius 2 is 2.24 bits per heavy atom. The maximum atomic E-state index is 5.26. The second-order valence-electron chi connectivity index (χ2n) is 4.57. The first-order chi connectivity index (χ1) is 8.36. The third-order valence-electron chi connectivity index (χ3n) is 3.21. The molecule has 0 bridgehead atoms. The lowest BCUT2D eigenvalue weighted by Gasteiger charge is -2.08. The normalized spacial score (nSPS) is 14.9. The fourth-order valence-corrected chi connectivity index (χ4v) is 2.05. The molecule has 3 nitrogen and oxygen atoms in total. The number of nitrogens with zero attached hydrogens (tertiary/aromatic N) is 2. The Balaban J connectivity index is 1.93. The molecular weight excluding hydrogens is 212 g/mol. The predicted molar refractivity (Wildman–Crippen MR) is 66.9 cm³/mol. The van der Waals surface area contributed by atoms with E-state index in [0.717, 1.165) is 18.2 Å². The Labute approximate surface area is 101 Å². The van der Waals surface area contributed by atoms with Crippen LogP contribution in [0.5, 0.6) is 5.75 Å². The number of hydrogen-bond donors (Lipinski definition) is 0. The van der Waals surface area contributed by atoms with E-state index in [0.29, 0.717) is 0 Å². The van der Waals surface area contributed by atoms with Crippen LogP contribution in [0.2, 0.25) is 0 Å². The van der Waals surface area contributed by atoms with E-state index in [2.05, 4.69) is 28.0 Å². The molecule has 3 rings (SSSR count). The standard InChI is InChI=1S/C14H16N2O/c1-17-13-4-2-3-12(9-13)14-7-8-15-16(14)10-11-5-6-11/h2-4,7-9,11H,5-6,10H2,1H3. The summed E-state index contributed by atoms with van der Waals surface area (Å²) < 4.78 is 7.36. The largest absolute Gasteiger partial charge is 0.497 e. The summed E-state index contributed by atoms with van der Waals surface area (Å²) in [5, 5.41) is 4.40. The maximum absolute atomic E-state index is 5.26. The zero-order chi connectivity index (χ0) is 11.7. The Morgan fingerprint density at radius 3 is 3.00 bits per heavy atom. The summed E-state index contributed by atoms with van der Waals surface area (Å²) in [4.78, 5) is 0. The van der Waals surface area contributed by atoms with Gasteiger partial charge in [0, 0.05) is 18.3 Å². The fraction of sp³-hybridized carbons (Fsp3) is 0.357. The van der Waals surface area contributed by atoms with Crippen LogP contribution in [0.4, 0.5) is 0 Å². The number of aromatic nitrogens is 2. The lowest BCUT2D eigenvalue weighted by atomic mass is 10.1. The Hall–Kier alpha value is -1.77. The number of benzene rings is 1. The summed E-state index contributed by atoms with van der Waals surface area (Å²) in [5.74, 6) is 1.72. The van der Waals surface area contributed by atoms with Crippen molar-refractivity contribution in [3.05, 3.63) is 36.5 Å². The molecule has 0 atom stereocenters. The van der Waals surface area contributed by atoms with E-state index in [9.17, 15) is 0 Å². The van der Waals surface area contributed by atoms with Gasteiger partial charge in [0.1, 0.15) is 5.75 Å². The van der Waals surface area contributed by atoms with Gasteiger partial charge in [0.15, 0.2) is 0 Å². The molecule has 1 heterocycles. The number of ether oxygens (including phenoxy) is 1. The molecule has 1 aliphatic rings. The highest BCUT2D eigenvalue weighted by Crippen LogP contribution is 2.32. The first kappa shape index (κ1) is 10.4. The van der Waals surface area contributed by atoms with Crippen LogP contribution in [0.3, 0.4) is 0 Å². The molecule has 0 unspecified atom stereocenters. The van der Waals surface area contributed by atoms with Gasteiger partial charge in [-0.15, -0.1) is 0 Å². The quantitative estimate of drug-likeness (QED) is 0.804. The maximum Gasteiger partial charge on any atom is 0.119 e. The van der Waals surface area contributed by atoms with Crippen LogP contribution in [-0.4, -0.2) is 16.9 Å². The van der Waals surface area contributed by atoms with Gasteiger partial charge in [-0.1, -0.05) is 12.1 Å². The fourth-order valence-electron chi connectivity index (χ4n) is 2.05. The molecule has 1 aromatic carbocycles. The van der Waals surface area contributed by atoms with Crippen molar-refractivity contribution in [2.75, 3.05) is 7.11 Å². The van der Waals surface area contributed by atoms with Crippen molar-refractivity contribution < 1.29 is 4.74 Å². The van der Waals surface area contributed by atoms with Crippen molar-refractivity contribution in [2.24, 2.45) is 5.92 Å². The van der Waals surface area contributed by atoms with Gasteiger partial charge in [0.2, 0.25) is 0 Å². The molecule has 17 heavy (non-hydrogen) atoms. The zero-order valence-electron chi connectivity index (χ0n) is 9.97. The Morgan fingerprint density at radius 1 is 1.35 bits per heavy atom. The molecule has 0 amide bonds. The second-order valence-corrected chi connectivity index (χ2v) is 4.57. The molecule has 3 heteroatoms. The van der Waals surface area contributed by atoms with Crippen LogP contribution in [0.25, 0.3) is 11.3 Å². The highest BCUT2D eigenvalue weighted by molar-refractivity contribution is 5.61. The first-order valence-electron chi connectivity index (χ1n) is 6.03. The van der Waals surface area contributed by atoms with Gasteiger partial charge in [-0.3, -0.25) is 4.68 Å². The van der Waals surface area contributed by atoms with Crippen LogP contribution < -0.4 is 4.74 Å². The van der Waals surface area contributed by atoms with Gasteiger partial charge in [0.05, 0.1) is 12.8 Å². The number of rotatable bonds is 4. The van der Waals surface area contributed by atoms with Crippen molar-refractivity contribution in [2.45, 2.75) is 19.4 Å². The molecule has 2 aromatic rings. The minimum absolute atomic E-state index is 0.833. The minimum atomic E-state index is 0.833. The Bertz CT molecular complexity index is 514. The van der Waals surface area contributed by atoms with Crippen LogP contribution >= 0.6 is 0 Å². The van der Waals surface area contributed by atoms with Gasteiger partial charge < -0.3 is 4.74 Å². The Kier molecular flexibility index (Phi) is 2.59. The molecule has 0 spiro atoms. The van der Waals surface area contributed by atoms with Gasteiger partial charge in [-0.2, -0.15) is 5.10 Å². The zero-order valence-corrected chi connectivity index (χ0v) is 9.97. The first-order valence-corrected chi connectivity index (χ1v) is 6.03. The van der Waals surface area contributed by atoms with E-state index in [1.165, 1.54) is 24.1 Å². The van der Waals surface area contributed by atoms with Crippen molar-refractivity contribution in [1.82, 2.24) is 9.78 Å². The third kappa shape index (κ3) is 2.18. The molecule has 1 saturated carbocycles. The minimum Gasteiger partial charge on any atom is -0.497 e. The van der Waals surface area contributed by atoms with E-state index in [-0.39, 0.29) is 0 Å². The molecule has 1 aliphatic carbocycles. The van der Waals surface area contributed by atoms with Gasteiger partial charge in [0.25, 0.3) is 0 Å². The molecule has 1 fully saturated rings. The van der Waals surface area contributed by atoms with Gasteiger partial charge in [-0.05, 0) is 37.0 Å².